The highest BCUT2D eigenvalue weighted by Crippen LogP contribution is 2.15. The van der Waals surface area contributed by atoms with Gasteiger partial charge in [0, 0.05) is 50.4 Å². The Labute approximate surface area is 229 Å². The summed E-state index contributed by atoms with van der Waals surface area (Å²) in [5.41, 5.74) is 4.55. The maximum atomic E-state index is 12.2. The number of carbonyl (C=O) groups is 1. The number of phenols is 1. The van der Waals surface area contributed by atoms with E-state index in [0.717, 1.165) is 44.7 Å². The van der Waals surface area contributed by atoms with Gasteiger partial charge in [-0.25, -0.2) is 0 Å². The normalized spacial score (nSPS) is 16.8. The smallest absolute Gasteiger partial charge is 0.253 e. The number of rotatable bonds is 7. The molecule has 0 aliphatic carbocycles. The third kappa shape index (κ3) is 9.70. The Balaban J connectivity index is 0.000000256. The second kappa shape index (κ2) is 16.3. The number of carbonyl (C=O) groups excluding carboxylic acids is 1. The molecule has 1 fully saturated rings. The maximum Gasteiger partial charge on any atom is 0.253 e. The summed E-state index contributed by atoms with van der Waals surface area (Å²) < 4.78 is 0. The molecule has 2 atom stereocenters. The molecular weight excluding hydrogens is 470 g/mol. The van der Waals surface area contributed by atoms with Crippen LogP contribution in [0.15, 0.2) is 78.9 Å². The van der Waals surface area contributed by atoms with Gasteiger partial charge in [-0.05, 0) is 75.1 Å². The van der Waals surface area contributed by atoms with Crippen molar-refractivity contribution in [1.82, 2.24) is 15.1 Å². The molecule has 202 valence electrons. The van der Waals surface area contributed by atoms with E-state index in [1.807, 2.05) is 73.3 Å². The second-order valence-electron chi connectivity index (χ2n) is 9.59. The van der Waals surface area contributed by atoms with Gasteiger partial charge in [-0.1, -0.05) is 54.6 Å². The molecule has 3 aromatic carbocycles. The number of nitrogens with zero attached hydrogens (tertiary/aromatic N) is 2. The molecule has 3 aromatic rings. The number of nitrogens with one attached hydrogen (secondary N) is 1. The van der Waals surface area contributed by atoms with Gasteiger partial charge in [-0.15, -0.1) is 12.8 Å². The third-order valence-corrected chi connectivity index (χ3v) is 6.72. The number of amides is 1. The molecule has 38 heavy (non-hydrogen) atoms. The number of hydrogen-bond acceptors (Lipinski definition) is 4. The minimum absolute atomic E-state index is 0.112. The van der Waals surface area contributed by atoms with Crippen molar-refractivity contribution in [2.45, 2.75) is 52.7 Å². The van der Waals surface area contributed by atoms with Crippen LogP contribution in [0.2, 0.25) is 0 Å². The van der Waals surface area contributed by atoms with Crippen LogP contribution in [0.1, 0.15) is 54.7 Å². The highest BCUT2D eigenvalue weighted by atomic mass is 16.3. The molecule has 2 N–H and O–H groups in total. The van der Waals surface area contributed by atoms with Crippen molar-refractivity contribution in [2.24, 2.45) is 0 Å². The summed E-state index contributed by atoms with van der Waals surface area (Å²) in [5, 5.41) is 12.7. The van der Waals surface area contributed by atoms with Crippen LogP contribution in [0.4, 0.5) is 0 Å². The highest BCUT2D eigenvalue weighted by molar-refractivity contribution is 5.94. The lowest BCUT2D eigenvalue weighted by Gasteiger charge is -2.37. The monoisotopic (exact) mass is 513 g/mol. The Morgan fingerprint density at radius 1 is 0.895 bits per heavy atom. The Hall–Kier alpha value is -3.59. The summed E-state index contributed by atoms with van der Waals surface area (Å²) in [6.07, 6.45) is 8.90. The summed E-state index contributed by atoms with van der Waals surface area (Å²) >= 11 is 0. The van der Waals surface area contributed by atoms with Gasteiger partial charge < -0.3 is 15.3 Å². The minimum atomic E-state index is 0.112. The molecule has 5 nitrogen and oxygen atoms in total. The Bertz CT molecular complexity index is 1090. The van der Waals surface area contributed by atoms with Crippen molar-refractivity contribution in [1.29, 1.82) is 0 Å². The van der Waals surface area contributed by atoms with E-state index in [4.69, 9.17) is 0 Å². The molecule has 0 bridgehead atoms. The van der Waals surface area contributed by atoms with E-state index in [2.05, 4.69) is 49.0 Å². The molecule has 0 unspecified atom stereocenters. The minimum Gasteiger partial charge on any atom is -0.508 e. The molecular formula is C33H43N3O2. The van der Waals surface area contributed by atoms with Gasteiger partial charge in [0.1, 0.15) is 5.75 Å². The third-order valence-electron chi connectivity index (χ3n) is 6.72. The van der Waals surface area contributed by atoms with Gasteiger partial charge in [0.05, 0.1) is 0 Å². The number of hydrogen-bond donors (Lipinski definition) is 2. The van der Waals surface area contributed by atoms with Crippen molar-refractivity contribution in [3.05, 3.63) is 101 Å². The van der Waals surface area contributed by atoms with Crippen LogP contribution in [-0.4, -0.2) is 59.1 Å². The molecule has 5 heteroatoms. The molecule has 1 heterocycles. The van der Waals surface area contributed by atoms with E-state index < -0.39 is 0 Å². The molecule has 1 saturated heterocycles. The number of aromatic hydroxyl groups is 1. The number of benzene rings is 3. The average molecular weight is 514 g/mol. The molecule has 0 spiro atoms. The zero-order valence-corrected chi connectivity index (χ0v) is 23.3. The van der Waals surface area contributed by atoms with E-state index >= 15 is 0 Å². The summed E-state index contributed by atoms with van der Waals surface area (Å²) in [6.45, 7) is 13.1. The van der Waals surface area contributed by atoms with Gasteiger partial charge in [0.15, 0.2) is 0 Å². The lowest BCUT2D eigenvalue weighted by molar-refractivity contribution is 0.0773. The first-order valence-corrected chi connectivity index (χ1v) is 13.4. The maximum absolute atomic E-state index is 12.2. The van der Waals surface area contributed by atoms with Crippen molar-refractivity contribution >= 4 is 5.91 Å². The van der Waals surface area contributed by atoms with E-state index in [-0.39, 0.29) is 5.91 Å². The van der Waals surface area contributed by atoms with Crippen molar-refractivity contribution in [2.75, 3.05) is 26.2 Å². The molecule has 4 rings (SSSR count). The van der Waals surface area contributed by atoms with Crippen molar-refractivity contribution in [3.63, 3.8) is 0 Å². The standard InChI is InChI=1S/C18H21NO.C13H20N2O.C2H2/c1-3-19(4-2)18(20)17-12-10-16(11-13-17)14-15-8-6-5-7-9-15;1-10-8-15(11(2)7-14-10)9-12-3-5-13(16)6-4-12;1-2/h5-13H,3-4,14H2,1-2H3;3-6,10-11,14,16H,7-9H2,1-2H3;1-2H/t;10-,11+;/m.0./s1. The van der Waals surface area contributed by atoms with Gasteiger partial charge in [0.25, 0.3) is 5.91 Å². The van der Waals surface area contributed by atoms with Crippen molar-refractivity contribution < 1.29 is 9.90 Å². The average Bonchev–Trinajstić information content (AvgIpc) is 2.95. The predicted molar refractivity (Wildman–Crippen MR) is 158 cm³/mol. The Morgan fingerprint density at radius 2 is 1.45 bits per heavy atom. The summed E-state index contributed by atoms with van der Waals surface area (Å²) in [6, 6.07) is 26.9. The fourth-order valence-corrected chi connectivity index (χ4v) is 4.44. The fourth-order valence-electron chi connectivity index (χ4n) is 4.44. The molecule has 0 saturated carbocycles. The first kappa shape index (κ1) is 30.6. The van der Waals surface area contributed by atoms with E-state index in [0.29, 0.717) is 17.8 Å². The number of piperazine rings is 1. The summed E-state index contributed by atoms with van der Waals surface area (Å²) in [4.78, 5) is 16.5. The Kier molecular flexibility index (Phi) is 13.1. The van der Waals surface area contributed by atoms with Gasteiger partial charge in [-0.3, -0.25) is 9.69 Å². The van der Waals surface area contributed by atoms with Gasteiger partial charge in [-0.2, -0.15) is 0 Å². The number of phenolic OH excluding ortho intramolecular Hbond substituents is 1. The summed E-state index contributed by atoms with van der Waals surface area (Å²) in [5.74, 6) is 0.451. The number of terminal acetylenes is 1. The van der Waals surface area contributed by atoms with E-state index in [9.17, 15) is 9.90 Å². The van der Waals surface area contributed by atoms with Crippen LogP contribution in [-0.2, 0) is 13.0 Å². The molecule has 0 radical (unpaired) electrons. The predicted octanol–water partition coefficient (Wildman–Crippen LogP) is 5.58. The zero-order chi connectivity index (χ0) is 27.9. The molecule has 0 aromatic heterocycles. The van der Waals surface area contributed by atoms with Gasteiger partial charge >= 0.3 is 0 Å². The topological polar surface area (TPSA) is 55.8 Å². The van der Waals surface area contributed by atoms with E-state index in [1.54, 1.807) is 12.1 Å². The highest BCUT2D eigenvalue weighted by Gasteiger charge is 2.22. The fraction of sp³-hybridized carbons (Fsp3) is 0.364. The van der Waals surface area contributed by atoms with Crippen LogP contribution in [0.5, 0.6) is 5.75 Å². The quantitative estimate of drug-likeness (QED) is 0.405. The SMILES string of the molecule is C#C.CCN(CC)C(=O)c1ccc(Cc2ccccc2)cc1.C[C@@H]1CN[C@@H](C)CN1Cc1ccc(O)cc1. The van der Waals surface area contributed by atoms with Crippen LogP contribution in [0, 0.1) is 12.8 Å². The molecule has 1 amide bonds. The molecule has 1 aliphatic heterocycles. The van der Waals surface area contributed by atoms with Crippen LogP contribution >= 0.6 is 0 Å². The second-order valence-corrected chi connectivity index (χ2v) is 9.59. The molecule has 1 aliphatic rings. The first-order chi connectivity index (χ1) is 18.4. The zero-order valence-electron chi connectivity index (χ0n) is 23.3. The van der Waals surface area contributed by atoms with Crippen molar-refractivity contribution in [3.8, 4) is 18.6 Å². The lowest BCUT2D eigenvalue weighted by atomic mass is 10.0. The first-order valence-electron chi connectivity index (χ1n) is 13.4. The largest absolute Gasteiger partial charge is 0.508 e. The van der Waals surface area contributed by atoms with E-state index in [1.165, 1.54) is 16.7 Å². The van der Waals surface area contributed by atoms with Crippen LogP contribution < -0.4 is 5.32 Å². The Morgan fingerprint density at radius 3 is 2.03 bits per heavy atom. The van der Waals surface area contributed by atoms with Crippen LogP contribution in [0.3, 0.4) is 0 Å². The van der Waals surface area contributed by atoms with Crippen LogP contribution in [0.25, 0.3) is 0 Å². The lowest BCUT2D eigenvalue weighted by Crippen LogP contribution is -2.53. The van der Waals surface area contributed by atoms with Gasteiger partial charge in [0.2, 0.25) is 0 Å². The summed E-state index contributed by atoms with van der Waals surface area (Å²) in [7, 11) is 0.